The molecule has 1 amide bonds. The van der Waals surface area contributed by atoms with Crippen LogP contribution in [-0.2, 0) is 25.1 Å². The second-order valence-corrected chi connectivity index (χ2v) is 9.44. The predicted molar refractivity (Wildman–Crippen MR) is 123 cm³/mol. The van der Waals surface area contributed by atoms with Gasteiger partial charge in [-0.1, -0.05) is 0 Å². The van der Waals surface area contributed by atoms with E-state index in [0.29, 0.717) is 18.8 Å². The average molecular weight is 489 g/mol. The molecule has 1 aliphatic heterocycles. The van der Waals surface area contributed by atoms with Crippen molar-refractivity contribution in [3.05, 3.63) is 53.5 Å². The van der Waals surface area contributed by atoms with Crippen molar-refractivity contribution in [2.75, 3.05) is 30.1 Å². The Labute approximate surface area is 200 Å². The van der Waals surface area contributed by atoms with Gasteiger partial charge in [-0.25, -0.2) is 18.4 Å². The molecule has 0 bridgehead atoms. The van der Waals surface area contributed by atoms with Crippen LogP contribution in [0.3, 0.4) is 0 Å². The SMILES string of the molecule is [2H]C([2H])([2H])c1c(Nc2ccc(C3(C)OCCO3)cn2)nnc(C(N)=O)c1Nc1ncccc1S(C)(=O)=O. The third kappa shape index (κ3) is 4.66. The molecule has 12 nitrogen and oxygen atoms in total. The smallest absolute Gasteiger partial charge is 0.271 e. The quantitative estimate of drug-likeness (QED) is 0.442. The number of nitrogens with zero attached hydrogens (tertiary/aromatic N) is 4. The van der Waals surface area contributed by atoms with Crippen molar-refractivity contribution in [2.45, 2.75) is 24.5 Å². The minimum Gasteiger partial charge on any atom is -0.364 e. The molecule has 13 heteroatoms. The Morgan fingerprint density at radius 2 is 1.91 bits per heavy atom. The minimum atomic E-state index is -3.77. The summed E-state index contributed by atoms with van der Waals surface area (Å²) in [5.74, 6) is -2.31. The average Bonchev–Trinajstić information content (AvgIpc) is 3.26. The van der Waals surface area contributed by atoms with Crippen LogP contribution in [0.4, 0.5) is 23.1 Å². The molecule has 3 aromatic rings. The molecule has 3 aromatic heterocycles. The van der Waals surface area contributed by atoms with Crippen LogP contribution in [0.1, 0.15) is 32.7 Å². The first kappa shape index (κ1) is 19.8. The maximum Gasteiger partial charge on any atom is 0.271 e. The molecule has 0 spiro atoms. The molecule has 4 N–H and O–H groups in total. The Balaban J connectivity index is 1.80. The third-order valence-electron chi connectivity index (χ3n) is 4.99. The number of sulfone groups is 1. The standard InChI is InChI=1S/C21H23N7O5S/c1-12-16(26-20-14(34(3,30)31)5-4-8-23-20)17(18(22)29)27-28-19(12)25-15-7-6-13(11-24-15)21(2)32-9-10-33-21/h4-8,11H,9-10H2,1-3H3,(H2,22,29)(H2,23,24,25,26,28)/i1D3. The summed E-state index contributed by atoms with van der Waals surface area (Å²) >= 11 is 0. The summed E-state index contributed by atoms with van der Waals surface area (Å²) < 4.78 is 60.1. The highest BCUT2D eigenvalue weighted by Crippen LogP contribution is 2.32. The summed E-state index contributed by atoms with van der Waals surface area (Å²) in [6.07, 6.45) is 3.76. The number of aromatic nitrogens is 4. The molecule has 0 saturated carbocycles. The van der Waals surface area contributed by atoms with Crippen molar-refractivity contribution >= 4 is 38.9 Å². The number of carbonyl (C=O) groups is 1. The number of primary amides is 1. The fraction of sp³-hybridized carbons (Fsp3) is 0.286. The molecule has 4 heterocycles. The van der Waals surface area contributed by atoms with Gasteiger partial charge in [-0.05, 0) is 38.0 Å². The number of hydrogen-bond donors (Lipinski definition) is 3. The van der Waals surface area contributed by atoms with Gasteiger partial charge in [0.2, 0.25) is 0 Å². The fourth-order valence-electron chi connectivity index (χ4n) is 3.26. The molecule has 1 aliphatic rings. The zero-order valence-electron chi connectivity index (χ0n) is 21.2. The maximum atomic E-state index is 12.2. The summed E-state index contributed by atoms with van der Waals surface area (Å²) in [5.41, 5.74) is 4.72. The van der Waals surface area contributed by atoms with Gasteiger partial charge in [-0.15, -0.1) is 10.2 Å². The fourth-order valence-corrected chi connectivity index (χ4v) is 4.04. The van der Waals surface area contributed by atoms with E-state index in [9.17, 15) is 13.2 Å². The predicted octanol–water partition coefficient (Wildman–Crippen LogP) is 1.78. The van der Waals surface area contributed by atoms with Gasteiger partial charge < -0.3 is 25.8 Å². The van der Waals surface area contributed by atoms with E-state index < -0.39 is 39.6 Å². The largest absolute Gasteiger partial charge is 0.364 e. The van der Waals surface area contributed by atoms with Gasteiger partial charge >= 0.3 is 0 Å². The van der Waals surface area contributed by atoms with E-state index in [1.54, 1.807) is 19.1 Å². The molecule has 178 valence electrons. The van der Waals surface area contributed by atoms with Gasteiger partial charge in [0.25, 0.3) is 5.91 Å². The van der Waals surface area contributed by atoms with Gasteiger partial charge in [0.1, 0.15) is 16.5 Å². The topological polar surface area (TPSA) is 171 Å². The Hall–Kier alpha value is -3.68. The van der Waals surface area contributed by atoms with Gasteiger partial charge in [0.05, 0.1) is 18.9 Å². The van der Waals surface area contributed by atoms with Crippen LogP contribution < -0.4 is 16.4 Å². The van der Waals surface area contributed by atoms with Crippen LogP contribution in [0, 0.1) is 6.85 Å². The Kier molecular flexibility index (Phi) is 5.19. The number of carbonyl (C=O) groups excluding carboxylic acids is 1. The van der Waals surface area contributed by atoms with Crippen LogP contribution in [0.5, 0.6) is 0 Å². The van der Waals surface area contributed by atoms with Crippen molar-refractivity contribution in [3.63, 3.8) is 0 Å². The molecule has 0 aliphatic carbocycles. The maximum absolute atomic E-state index is 12.2. The summed E-state index contributed by atoms with van der Waals surface area (Å²) in [6, 6.07) is 5.93. The van der Waals surface area contributed by atoms with E-state index in [4.69, 9.17) is 19.3 Å². The first-order valence-corrected chi connectivity index (χ1v) is 11.8. The summed E-state index contributed by atoms with van der Waals surface area (Å²) in [4.78, 5) is 20.2. The Morgan fingerprint density at radius 1 is 1.15 bits per heavy atom. The van der Waals surface area contributed by atoms with Crippen LogP contribution in [0.2, 0.25) is 0 Å². The van der Waals surface area contributed by atoms with E-state index in [-0.39, 0.29) is 28.0 Å². The number of ether oxygens (including phenoxy) is 2. The van der Waals surface area contributed by atoms with Crippen LogP contribution >= 0.6 is 0 Å². The van der Waals surface area contributed by atoms with Gasteiger partial charge in [0.15, 0.2) is 27.1 Å². The Bertz CT molecular complexity index is 1440. The second-order valence-electron chi connectivity index (χ2n) is 7.46. The summed E-state index contributed by atoms with van der Waals surface area (Å²) in [6.45, 7) is -0.227. The van der Waals surface area contributed by atoms with Crippen molar-refractivity contribution in [1.29, 1.82) is 0 Å². The van der Waals surface area contributed by atoms with Crippen molar-refractivity contribution in [2.24, 2.45) is 5.73 Å². The van der Waals surface area contributed by atoms with E-state index >= 15 is 0 Å². The number of anilines is 4. The molecule has 0 aromatic carbocycles. The molecule has 0 unspecified atom stereocenters. The lowest BCUT2D eigenvalue weighted by atomic mass is 10.1. The van der Waals surface area contributed by atoms with Gasteiger partial charge in [0, 0.05) is 33.9 Å². The molecule has 4 rings (SSSR count). The number of nitrogens with one attached hydrogen (secondary N) is 2. The normalized spacial score (nSPS) is 16.8. The number of nitrogens with two attached hydrogens (primary N) is 1. The molecule has 34 heavy (non-hydrogen) atoms. The lowest BCUT2D eigenvalue weighted by molar-refractivity contribution is -0.149. The molecular weight excluding hydrogens is 462 g/mol. The monoisotopic (exact) mass is 488 g/mol. The highest BCUT2D eigenvalue weighted by molar-refractivity contribution is 7.90. The highest BCUT2D eigenvalue weighted by atomic mass is 32.2. The van der Waals surface area contributed by atoms with E-state index in [0.717, 1.165) is 6.26 Å². The van der Waals surface area contributed by atoms with Crippen LogP contribution in [-0.4, -0.2) is 54.0 Å². The van der Waals surface area contributed by atoms with E-state index in [1.165, 1.54) is 24.5 Å². The highest BCUT2D eigenvalue weighted by Gasteiger charge is 2.33. The number of hydrogen-bond acceptors (Lipinski definition) is 11. The lowest BCUT2D eigenvalue weighted by Gasteiger charge is -2.22. The second kappa shape index (κ2) is 8.93. The molecule has 1 fully saturated rings. The molecule has 0 radical (unpaired) electrons. The first-order chi connectivity index (χ1) is 17.3. The summed E-state index contributed by atoms with van der Waals surface area (Å²) in [7, 11) is -3.77. The first-order valence-electron chi connectivity index (χ1n) is 11.4. The van der Waals surface area contributed by atoms with Gasteiger partial charge in [-0.3, -0.25) is 4.79 Å². The molecule has 1 saturated heterocycles. The van der Waals surface area contributed by atoms with E-state index in [2.05, 4.69) is 30.8 Å². The molecule has 0 atom stereocenters. The lowest BCUT2D eigenvalue weighted by Crippen LogP contribution is -2.22. The zero-order chi connectivity index (χ0) is 27.0. The van der Waals surface area contributed by atoms with Crippen LogP contribution in [0.25, 0.3) is 0 Å². The number of amides is 1. The minimum absolute atomic E-state index is 0.206. The van der Waals surface area contributed by atoms with Crippen molar-refractivity contribution < 1.29 is 26.8 Å². The third-order valence-corrected chi connectivity index (χ3v) is 6.12. The van der Waals surface area contributed by atoms with Gasteiger partial charge in [-0.2, -0.15) is 0 Å². The van der Waals surface area contributed by atoms with Crippen LogP contribution in [0.15, 0.2) is 41.6 Å². The number of rotatable bonds is 7. The summed E-state index contributed by atoms with van der Waals surface area (Å²) in [5, 5.41) is 13.1. The number of pyridine rings is 2. The zero-order valence-corrected chi connectivity index (χ0v) is 19.0. The van der Waals surface area contributed by atoms with Crippen molar-refractivity contribution in [1.82, 2.24) is 20.2 Å². The van der Waals surface area contributed by atoms with Crippen molar-refractivity contribution in [3.8, 4) is 0 Å². The molecular formula is C21H23N7O5S. The Morgan fingerprint density at radius 3 is 2.53 bits per heavy atom. The van der Waals surface area contributed by atoms with E-state index in [1.807, 2.05) is 0 Å².